The van der Waals surface area contributed by atoms with Crippen LogP contribution in [0.1, 0.15) is 31.2 Å². The van der Waals surface area contributed by atoms with Crippen LogP contribution in [0.15, 0.2) is 42.5 Å². The number of aromatic hydroxyl groups is 1. The molecule has 1 saturated heterocycles. The monoisotopic (exact) mass is 355 g/mol. The van der Waals surface area contributed by atoms with E-state index in [0.717, 1.165) is 35.0 Å². The molecule has 130 valence electrons. The molecule has 0 spiro atoms. The number of benzene rings is 2. The van der Waals surface area contributed by atoms with Gasteiger partial charge in [-0.2, -0.15) is 0 Å². The average molecular weight is 356 g/mol. The van der Waals surface area contributed by atoms with Crippen molar-refractivity contribution in [3.8, 4) is 5.75 Å². The zero-order chi connectivity index (χ0) is 17.4. The summed E-state index contributed by atoms with van der Waals surface area (Å²) in [5.41, 5.74) is 3.06. The van der Waals surface area contributed by atoms with Crippen molar-refractivity contribution in [2.24, 2.45) is 0 Å². The van der Waals surface area contributed by atoms with Gasteiger partial charge in [-0.25, -0.2) is 4.98 Å². The number of nitrogens with zero attached hydrogens (tertiary/aromatic N) is 3. The van der Waals surface area contributed by atoms with Gasteiger partial charge in [-0.1, -0.05) is 23.7 Å². The molecule has 0 saturated carbocycles. The Kier molecular flexibility index (Phi) is 4.40. The van der Waals surface area contributed by atoms with E-state index in [4.69, 9.17) is 16.6 Å². The number of phenolic OH excluding ortho intramolecular Hbond substituents is 1. The Hall–Kier alpha value is -2.04. The number of fused-ring (bicyclic) bond motifs is 1. The number of aromatic nitrogens is 2. The van der Waals surface area contributed by atoms with Crippen molar-refractivity contribution >= 4 is 22.6 Å². The van der Waals surface area contributed by atoms with Crippen LogP contribution < -0.4 is 0 Å². The van der Waals surface area contributed by atoms with Gasteiger partial charge in [0.15, 0.2) is 0 Å². The number of halogens is 1. The second-order valence-corrected chi connectivity index (χ2v) is 7.31. The third-order valence-electron chi connectivity index (χ3n) is 5.10. The third-order valence-corrected chi connectivity index (χ3v) is 5.35. The topological polar surface area (TPSA) is 41.3 Å². The van der Waals surface area contributed by atoms with Crippen molar-refractivity contribution in [3.63, 3.8) is 0 Å². The van der Waals surface area contributed by atoms with Crippen LogP contribution in [0, 0.1) is 0 Å². The maximum Gasteiger partial charge on any atom is 0.124 e. The van der Waals surface area contributed by atoms with Gasteiger partial charge >= 0.3 is 0 Å². The van der Waals surface area contributed by atoms with E-state index in [1.165, 1.54) is 18.4 Å². The molecule has 4 nitrogen and oxygen atoms in total. The lowest BCUT2D eigenvalue weighted by Crippen LogP contribution is -2.28. The Bertz CT molecular complexity index is 888. The van der Waals surface area contributed by atoms with Gasteiger partial charge in [-0.15, -0.1) is 0 Å². The van der Waals surface area contributed by atoms with Crippen LogP contribution in [-0.2, 0) is 13.1 Å². The third kappa shape index (κ3) is 3.37. The van der Waals surface area contributed by atoms with Gasteiger partial charge < -0.3 is 9.67 Å². The second kappa shape index (κ2) is 6.70. The molecule has 2 heterocycles. The van der Waals surface area contributed by atoms with Crippen molar-refractivity contribution < 1.29 is 5.11 Å². The Labute approximate surface area is 152 Å². The van der Waals surface area contributed by atoms with Crippen molar-refractivity contribution in [1.29, 1.82) is 0 Å². The fourth-order valence-corrected chi connectivity index (χ4v) is 3.77. The number of phenols is 1. The fourth-order valence-electron chi connectivity index (χ4n) is 3.64. The number of hydrogen-bond donors (Lipinski definition) is 1. The molecule has 3 aromatic rings. The quantitative estimate of drug-likeness (QED) is 0.752. The van der Waals surface area contributed by atoms with Crippen LogP contribution in [0.25, 0.3) is 11.0 Å². The first-order valence-corrected chi connectivity index (χ1v) is 9.14. The van der Waals surface area contributed by atoms with Crippen molar-refractivity contribution in [1.82, 2.24) is 14.5 Å². The summed E-state index contributed by atoms with van der Waals surface area (Å²) in [6.45, 7) is 4.96. The number of imidazole rings is 1. The smallest absolute Gasteiger partial charge is 0.124 e. The highest BCUT2D eigenvalue weighted by Crippen LogP contribution is 2.26. The predicted octanol–water partition coefficient (Wildman–Crippen LogP) is 4.43. The van der Waals surface area contributed by atoms with Gasteiger partial charge in [-0.3, -0.25) is 4.90 Å². The van der Waals surface area contributed by atoms with Crippen LogP contribution in [-0.4, -0.2) is 32.1 Å². The predicted molar refractivity (Wildman–Crippen MR) is 101 cm³/mol. The lowest BCUT2D eigenvalue weighted by molar-refractivity contribution is 0.251. The zero-order valence-electron chi connectivity index (χ0n) is 14.3. The summed E-state index contributed by atoms with van der Waals surface area (Å²) in [5, 5.41) is 10.7. The van der Waals surface area contributed by atoms with Crippen LogP contribution in [0.3, 0.4) is 0 Å². The van der Waals surface area contributed by atoms with E-state index in [0.29, 0.717) is 12.6 Å². The van der Waals surface area contributed by atoms with E-state index >= 15 is 0 Å². The number of rotatable bonds is 4. The van der Waals surface area contributed by atoms with Gasteiger partial charge in [0.05, 0.1) is 17.6 Å². The van der Waals surface area contributed by atoms with Crippen molar-refractivity contribution in [2.75, 3.05) is 6.54 Å². The highest BCUT2D eigenvalue weighted by Gasteiger charge is 2.23. The summed E-state index contributed by atoms with van der Waals surface area (Å²) < 4.78 is 2.21. The second-order valence-electron chi connectivity index (χ2n) is 6.88. The molecule has 5 heteroatoms. The molecule has 4 rings (SSSR count). The van der Waals surface area contributed by atoms with Crippen LogP contribution >= 0.6 is 11.6 Å². The lowest BCUT2D eigenvalue weighted by atomic mass is 10.2. The zero-order valence-corrected chi connectivity index (χ0v) is 15.1. The minimum absolute atomic E-state index is 0.269. The first kappa shape index (κ1) is 16.4. The molecule has 2 aromatic carbocycles. The summed E-state index contributed by atoms with van der Waals surface area (Å²) in [7, 11) is 0. The molecule has 25 heavy (non-hydrogen) atoms. The van der Waals surface area contributed by atoms with E-state index in [2.05, 4.69) is 16.4 Å². The van der Waals surface area contributed by atoms with E-state index in [1.807, 2.05) is 30.3 Å². The molecule has 1 aliphatic heterocycles. The van der Waals surface area contributed by atoms with Gasteiger partial charge in [0.2, 0.25) is 0 Å². The SMILES string of the molecule is CC1CCCN1Cc1nc2ccc(O)cc2n1Cc1ccc(Cl)cc1. The van der Waals surface area contributed by atoms with E-state index in [9.17, 15) is 5.11 Å². The molecular weight excluding hydrogens is 334 g/mol. The molecule has 0 aliphatic carbocycles. The molecule has 0 amide bonds. The molecule has 1 N–H and O–H groups in total. The summed E-state index contributed by atoms with van der Waals surface area (Å²) in [6.07, 6.45) is 2.50. The molecule has 0 radical (unpaired) electrons. The Morgan fingerprint density at radius 2 is 1.96 bits per heavy atom. The van der Waals surface area contributed by atoms with Crippen LogP contribution in [0.5, 0.6) is 5.75 Å². The highest BCUT2D eigenvalue weighted by molar-refractivity contribution is 6.30. The fraction of sp³-hybridized carbons (Fsp3) is 0.350. The van der Waals surface area contributed by atoms with Crippen LogP contribution in [0.4, 0.5) is 0 Å². The minimum atomic E-state index is 0.269. The highest BCUT2D eigenvalue weighted by atomic mass is 35.5. The minimum Gasteiger partial charge on any atom is -0.508 e. The van der Waals surface area contributed by atoms with Gasteiger partial charge in [0.25, 0.3) is 0 Å². The van der Waals surface area contributed by atoms with Crippen molar-refractivity contribution in [2.45, 2.75) is 38.9 Å². The Morgan fingerprint density at radius 1 is 1.16 bits per heavy atom. The summed E-state index contributed by atoms with van der Waals surface area (Å²) in [5.74, 6) is 1.31. The van der Waals surface area contributed by atoms with Crippen LogP contribution in [0.2, 0.25) is 5.02 Å². The summed E-state index contributed by atoms with van der Waals surface area (Å²) >= 11 is 6.01. The van der Waals surface area contributed by atoms with E-state index < -0.39 is 0 Å². The largest absolute Gasteiger partial charge is 0.508 e. The molecule has 1 aromatic heterocycles. The first-order chi connectivity index (χ1) is 12.1. The molecule has 1 fully saturated rings. The normalized spacial score (nSPS) is 18.2. The van der Waals surface area contributed by atoms with Gasteiger partial charge in [-0.05, 0) is 56.1 Å². The lowest BCUT2D eigenvalue weighted by Gasteiger charge is -2.21. The summed E-state index contributed by atoms with van der Waals surface area (Å²) in [4.78, 5) is 7.34. The maximum absolute atomic E-state index is 9.92. The molecule has 1 atom stereocenters. The maximum atomic E-state index is 9.92. The van der Waals surface area contributed by atoms with E-state index in [-0.39, 0.29) is 5.75 Å². The van der Waals surface area contributed by atoms with Crippen molar-refractivity contribution in [3.05, 3.63) is 58.9 Å². The average Bonchev–Trinajstić information content (AvgIpc) is 3.14. The molecule has 1 unspecified atom stereocenters. The Morgan fingerprint density at radius 3 is 2.68 bits per heavy atom. The Balaban J connectivity index is 1.74. The number of likely N-dealkylation sites (tertiary alicyclic amines) is 1. The molecule has 1 aliphatic rings. The standard InChI is InChI=1S/C20H22ClN3O/c1-14-3-2-10-23(14)13-20-22-18-9-8-17(25)11-19(18)24(20)12-15-4-6-16(21)7-5-15/h4-9,11,14,25H,2-3,10,12-13H2,1H3. The van der Waals surface area contributed by atoms with Gasteiger partial charge in [0.1, 0.15) is 11.6 Å². The van der Waals surface area contributed by atoms with Gasteiger partial charge in [0, 0.05) is 23.7 Å². The summed E-state index contributed by atoms with van der Waals surface area (Å²) in [6, 6.07) is 13.9. The first-order valence-electron chi connectivity index (χ1n) is 8.77. The molecular formula is C20H22ClN3O. The molecule has 0 bridgehead atoms. The number of hydrogen-bond acceptors (Lipinski definition) is 3. The van der Waals surface area contributed by atoms with E-state index in [1.54, 1.807) is 12.1 Å².